The van der Waals surface area contributed by atoms with Crippen LogP contribution in [0.5, 0.6) is 11.5 Å². The molecule has 2 aromatic carbocycles. The van der Waals surface area contributed by atoms with Crippen molar-refractivity contribution in [3.63, 3.8) is 0 Å². The van der Waals surface area contributed by atoms with Crippen LogP contribution in [-0.4, -0.2) is 25.3 Å². The van der Waals surface area contributed by atoms with E-state index in [1.165, 1.54) is 5.56 Å². The maximum absolute atomic E-state index is 11.9. The second kappa shape index (κ2) is 7.91. The fraction of sp³-hybridized carbons (Fsp3) is 0.300. The largest absolute Gasteiger partial charge is 0.455 e. The number of nitrogens with one attached hydrogen (secondary N) is 1. The minimum Gasteiger partial charge on any atom is -0.455 e. The molecule has 0 radical (unpaired) electrons. The summed E-state index contributed by atoms with van der Waals surface area (Å²) in [7, 11) is 0. The van der Waals surface area contributed by atoms with Gasteiger partial charge in [-0.15, -0.1) is 0 Å². The summed E-state index contributed by atoms with van der Waals surface area (Å²) in [5, 5.41) is 2.71. The molecule has 0 unspecified atom stereocenters. The van der Waals surface area contributed by atoms with Crippen molar-refractivity contribution in [1.29, 1.82) is 0 Å². The summed E-state index contributed by atoms with van der Waals surface area (Å²) in [6.07, 6.45) is 0.149. The van der Waals surface area contributed by atoms with E-state index in [4.69, 9.17) is 14.2 Å². The maximum atomic E-state index is 11.9. The normalized spacial score (nSPS) is 11.9. The SMILES string of the molecule is Cc1ccc(CC(=O)OCC(=O)NCc2ccc3c(c2)OCO3)cc1C. The Balaban J connectivity index is 1.42. The third-order valence-corrected chi connectivity index (χ3v) is 4.21. The minimum absolute atomic E-state index is 0.149. The average molecular weight is 355 g/mol. The highest BCUT2D eigenvalue weighted by Crippen LogP contribution is 2.32. The third kappa shape index (κ3) is 4.53. The van der Waals surface area contributed by atoms with E-state index in [9.17, 15) is 9.59 Å². The monoisotopic (exact) mass is 355 g/mol. The van der Waals surface area contributed by atoms with Gasteiger partial charge in [-0.25, -0.2) is 0 Å². The lowest BCUT2D eigenvalue weighted by atomic mass is 10.0. The Bertz CT molecular complexity index is 831. The summed E-state index contributed by atoms with van der Waals surface area (Å²) in [5.74, 6) is 0.583. The number of amides is 1. The number of hydrogen-bond donors (Lipinski definition) is 1. The Morgan fingerprint density at radius 1 is 1.00 bits per heavy atom. The minimum atomic E-state index is -0.425. The fourth-order valence-electron chi connectivity index (χ4n) is 2.58. The van der Waals surface area contributed by atoms with Gasteiger partial charge in [0.05, 0.1) is 6.42 Å². The Kier molecular flexibility index (Phi) is 5.41. The summed E-state index contributed by atoms with van der Waals surface area (Å²) in [6, 6.07) is 11.3. The number of hydrogen-bond acceptors (Lipinski definition) is 5. The van der Waals surface area contributed by atoms with E-state index in [1.54, 1.807) is 6.07 Å². The molecule has 0 fully saturated rings. The van der Waals surface area contributed by atoms with E-state index in [-0.39, 0.29) is 25.7 Å². The first-order valence-electron chi connectivity index (χ1n) is 8.38. The second-order valence-corrected chi connectivity index (χ2v) is 6.22. The molecule has 1 aliphatic rings. The van der Waals surface area contributed by atoms with Crippen LogP contribution < -0.4 is 14.8 Å². The van der Waals surface area contributed by atoms with Gasteiger partial charge in [-0.05, 0) is 48.2 Å². The molecule has 0 aliphatic carbocycles. The van der Waals surface area contributed by atoms with Gasteiger partial charge in [-0.1, -0.05) is 24.3 Å². The number of carbonyl (C=O) groups is 2. The molecule has 1 N–H and O–H groups in total. The molecule has 6 heteroatoms. The Morgan fingerprint density at radius 3 is 2.58 bits per heavy atom. The number of ether oxygens (including phenoxy) is 3. The zero-order valence-corrected chi connectivity index (χ0v) is 14.8. The number of esters is 1. The lowest BCUT2D eigenvalue weighted by molar-refractivity contribution is -0.147. The fourth-order valence-corrected chi connectivity index (χ4v) is 2.58. The Morgan fingerprint density at radius 2 is 1.77 bits per heavy atom. The van der Waals surface area contributed by atoms with Crippen LogP contribution in [0.4, 0.5) is 0 Å². The molecule has 0 aromatic heterocycles. The van der Waals surface area contributed by atoms with Crippen LogP contribution in [0, 0.1) is 13.8 Å². The van der Waals surface area contributed by atoms with Crippen molar-refractivity contribution >= 4 is 11.9 Å². The number of benzene rings is 2. The van der Waals surface area contributed by atoms with E-state index >= 15 is 0 Å². The van der Waals surface area contributed by atoms with Crippen LogP contribution >= 0.6 is 0 Å². The molecule has 0 saturated carbocycles. The first-order chi connectivity index (χ1) is 12.5. The van der Waals surface area contributed by atoms with Gasteiger partial charge >= 0.3 is 5.97 Å². The van der Waals surface area contributed by atoms with E-state index in [0.29, 0.717) is 18.0 Å². The van der Waals surface area contributed by atoms with Crippen molar-refractivity contribution in [2.45, 2.75) is 26.8 Å². The van der Waals surface area contributed by atoms with Gasteiger partial charge in [0.15, 0.2) is 18.1 Å². The Hall–Kier alpha value is -3.02. The van der Waals surface area contributed by atoms with Crippen LogP contribution in [0.25, 0.3) is 0 Å². The molecule has 2 aromatic rings. The van der Waals surface area contributed by atoms with Gasteiger partial charge in [0.25, 0.3) is 5.91 Å². The van der Waals surface area contributed by atoms with E-state index in [2.05, 4.69) is 5.32 Å². The summed E-state index contributed by atoms with van der Waals surface area (Å²) in [5.41, 5.74) is 4.05. The molecule has 0 saturated heterocycles. The zero-order chi connectivity index (χ0) is 18.5. The molecule has 0 atom stereocenters. The highest BCUT2D eigenvalue weighted by Gasteiger charge is 2.14. The predicted octanol–water partition coefficient (Wildman–Crippen LogP) is 2.43. The van der Waals surface area contributed by atoms with E-state index in [1.807, 2.05) is 44.2 Å². The summed E-state index contributed by atoms with van der Waals surface area (Å²) >= 11 is 0. The molecule has 26 heavy (non-hydrogen) atoms. The molecule has 0 spiro atoms. The Labute approximate surface area is 152 Å². The molecule has 136 valence electrons. The lowest BCUT2D eigenvalue weighted by Crippen LogP contribution is -2.28. The van der Waals surface area contributed by atoms with Crippen LogP contribution in [-0.2, 0) is 27.3 Å². The van der Waals surface area contributed by atoms with Crippen molar-refractivity contribution in [2.75, 3.05) is 13.4 Å². The molecule has 3 rings (SSSR count). The van der Waals surface area contributed by atoms with Crippen LogP contribution in [0.1, 0.15) is 22.3 Å². The summed E-state index contributed by atoms with van der Waals surface area (Å²) in [4.78, 5) is 23.7. The standard InChI is InChI=1S/C20H21NO5/c1-13-3-4-15(7-14(13)2)9-20(23)24-11-19(22)21-10-16-5-6-17-18(8-16)26-12-25-17/h3-8H,9-12H2,1-2H3,(H,21,22). The first-order valence-corrected chi connectivity index (χ1v) is 8.38. The van der Waals surface area contributed by atoms with Crippen molar-refractivity contribution in [3.8, 4) is 11.5 Å². The number of aryl methyl sites for hydroxylation is 2. The molecular formula is C20H21NO5. The molecule has 1 heterocycles. The van der Waals surface area contributed by atoms with Crippen molar-refractivity contribution < 1.29 is 23.8 Å². The highest BCUT2D eigenvalue weighted by atomic mass is 16.7. The summed E-state index contributed by atoms with van der Waals surface area (Å²) < 4.78 is 15.6. The molecular weight excluding hydrogens is 334 g/mol. The first kappa shape index (κ1) is 17.8. The maximum Gasteiger partial charge on any atom is 0.310 e. The molecule has 1 aliphatic heterocycles. The smallest absolute Gasteiger partial charge is 0.310 e. The zero-order valence-electron chi connectivity index (χ0n) is 14.8. The number of rotatable bonds is 6. The van der Waals surface area contributed by atoms with E-state index < -0.39 is 5.97 Å². The number of carbonyl (C=O) groups excluding carboxylic acids is 2. The van der Waals surface area contributed by atoms with Gasteiger partial charge in [0, 0.05) is 6.54 Å². The van der Waals surface area contributed by atoms with Gasteiger partial charge < -0.3 is 19.5 Å². The van der Waals surface area contributed by atoms with Crippen molar-refractivity contribution in [1.82, 2.24) is 5.32 Å². The summed E-state index contributed by atoms with van der Waals surface area (Å²) in [6.45, 7) is 4.25. The van der Waals surface area contributed by atoms with Gasteiger partial charge in [-0.2, -0.15) is 0 Å². The highest BCUT2D eigenvalue weighted by molar-refractivity contribution is 5.81. The van der Waals surface area contributed by atoms with Crippen LogP contribution in [0.2, 0.25) is 0 Å². The van der Waals surface area contributed by atoms with Crippen LogP contribution in [0.3, 0.4) is 0 Å². The predicted molar refractivity (Wildman–Crippen MR) is 95.0 cm³/mol. The molecule has 6 nitrogen and oxygen atoms in total. The van der Waals surface area contributed by atoms with Gasteiger partial charge in [0.1, 0.15) is 0 Å². The number of fused-ring (bicyclic) bond motifs is 1. The third-order valence-electron chi connectivity index (χ3n) is 4.21. The molecule has 1 amide bonds. The van der Waals surface area contributed by atoms with E-state index in [0.717, 1.165) is 16.7 Å². The molecule has 0 bridgehead atoms. The van der Waals surface area contributed by atoms with Gasteiger partial charge in [-0.3, -0.25) is 9.59 Å². The second-order valence-electron chi connectivity index (χ2n) is 6.22. The van der Waals surface area contributed by atoms with Crippen molar-refractivity contribution in [3.05, 3.63) is 58.7 Å². The lowest BCUT2D eigenvalue weighted by Gasteiger charge is -2.08. The van der Waals surface area contributed by atoms with Crippen LogP contribution in [0.15, 0.2) is 36.4 Å². The average Bonchev–Trinajstić information content (AvgIpc) is 3.09. The van der Waals surface area contributed by atoms with Crippen molar-refractivity contribution in [2.24, 2.45) is 0 Å². The topological polar surface area (TPSA) is 73.9 Å². The quantitative estimate of drug-likeness (QED) is 0.806. The van der Waals surface area contributed by atoms with Gasteiger partial charge in [0.2, 0.25) is 6.79 Å².